The summed E-state index contributed by atoms with van der Waals surface area (Å²) < 4.78 is 0. The highest BCUT2D eigenvalue weighted by atomic mass is 32.2. The van der Waals surface area contributed by atoms with E-state index in [1.807, 2.05) is 11.8 Å². The Morgan fingerprint density at radius 1 is 1.41 bits per heavy atom. The van der Waals surface area contributed by atoms with Gasteiger partial charge in [0.2, 0.25) is 11.8 Å². The van der Waals surface area contributed by atoms with Crippen molar-refractivity contribution >= 4 is 23.6 Å². The van der Waals surface area contributed by atoms with Crippen LogP contribution in [0.25, 0.3) is 0 Å². The topological polar surface area (TPSA) is 84.2 Å². The van der Waals surface area contributed by atoms with Crippen LogP contribution in [0.2, 0.25) is 0 Å². The van der Waals surface area contributed by atoms with Crippen molar-refractivity contribution < 1.29 is 9.59 Å². The van der Waals surface area contributed by atoms with Crippen LogP contribution in [-0.4, -0.2) is 42.5 Å². The van der Waals surface area contributed by atoms with Crippen molar-refractivity contribution in [3.63, 3.8) is 0 Å². The number of nitrogens with two attached hydrogens (primary N) is 1. The van der Waals surface area contributed by atoms with Crippen molar-refractivity contribution in [3.8, 4) is 0 Å². The summed E-state index contributed by atoms with van der Waals surface area (Å²) in [6.45, 7) is 1.62. The molecular formula is C11H21N3O2S. The van der Waals surface area contributed by atoms with Gasteiger partial charge in [-0.05, 0) is 12.8 Å². The highest BCUT2D eigenvalue weighted by molar-refractivity contribution is 7.99. The SMILES string of the molecule is NC(=O)CCCCNC(=O)CC1CSCCN1. The largest absolute Gasteiger partial charge is 0.370 e. The van der Waals surface area contributed by atoms with E-state index in [-0.39, 0.29) is 11.8 Å². The highest BCUT2D eigenvalue weighted by Crippen LogP contribution is 2.09. The molecule has 1 unspecified atom stereocenters. The van der Waals surface area contributed by atoms with Crippen molar-refractivity contribution in [2.45, 2.75) is 31.7 Å². The minimum Gasteiger partial charge on any atom is -0.370 e. The molecule has 2 amide bonds. The lowest BCUT2D eigenvalue weighted by molar-refractivity contribution is -0.121. The number of amides is 2. The fourth-order valence-electron chi connectivity index (χ4n) is 1.70. The first kappa shape index (κ1) is 14.3. The molecule has 0 aromatic rings. The molecule has 0 bridgehead atoms. The summed E-state index contributed by atoms with van der Waals surface area (Å²) in [4.78, 5) is 22.0. The number of nitrogens with one attached hydrogen (secondary N) is 2. The molecule has 0 spiro atoms. The van der Waals surface area contributed by atoms with Gasteiger partial charge in [0, 0.05) is 43.5 Å². The summed E-state index contributed by atoms with van der Waals surface area (Å²) in [6.07, 6.45) is 2.49. The zero-order chi connectivity index (χ0) is 12.5. The van der Waals surface area contributed by atoms with E-state index < -0.39 is 0 Å². The quantitative estimate of drug-likeness (QED) is 0.555. The van der Waals surface area contributed by atoms with Gasteiger partial charge in [-0.2, -0.15) is 11.8 Å². The van der Waals surface area contributed by atoms with Crippen molar-refractivity contribution in [1.29, 1.82) is 0 Å². The van der Waals surface area contributed by atoms with Gasteiger partial charge >= 0.3 is 0 Å². The molecule has 6 heteroatoms. The fraction of sp³-hybridized carbons (Fsp3) is 0.818. The third kappa shape index (κ3) is 7.23. The number of hydrogen-bond donors (Lipinski definition) is 3. The second kappa shape index (κ2) is 8.36. The highest BCUT2D eigenvalue weighted by Gasteiger charge is 2.16. The van der Waals surface area contributed by atoms with Crippen molar-refractivity contribution in [1.82, 2.24) is 10.6 Å². The smallest absolute Gasteiger partial charge is 0.221 e. The van der Waals surface area contributed by atoms with E-state index in [0.29, 0.717) is 25.4 Å². The molecule has 0 aromatic heterocycles. The lowest BCUT2D eigenvalue weighted by Gasteiger charge is -2.22. The van der Waals surface area contributed by atoms with E-state index in [2.05, 4.69) is 10.6 Å². The Morgan fingerprint density at radius 2 is 2.24 bits per heavy atom. The first-order valence-electron chi connectivity index (χ1n) is 6.04. The van der Waals surface area contributed by atoms with E-state index in [4.69, 9.17) is 5.73 Å². The number of rotatable bonds is 7. The predicted octanol–water partition coefficient (Wildman–Crippen LogP) is -0.147. The molecule has 0 saturated carbocycles. The number of unbranched alkanes of at least 4 members (excludes halogenated alkanes) is 1. The monoisotopic (exact) mass is 259 g/mol. The van der Waals surface area contributed by atoms with Gasteiger partial charge in [-0.3, -0.25) is 9.59 Å². The second-order valence-corrected chi connectivity index (χ2v) is 5.35. The summed E-state index contributed by atoms with van der Waals surface area (Å²) in [5.74, 6) is 1.95. The number of primary amides is 1. The minimum absolute atomic E-state index is 0.0871. The molecule has 4 N–H and O–H groups in total. The number of thioether (sulfide) groups is 1. The van der Waals surface area contributed by atoms with Crippen LogP contribution in [0.3, 0.4) is 0 Å². The Morgan fingerprint density at radius 3 is 2.88 bits per heavy atom. The van der Waals surface area contributed by atoms with E-state index in [1.165, 1.54) is 0 Å². The summed E-state index contributed by atoms with van der Waals surface area (Å²) >= 11 is 1.89. The first-order chi connectivity index (χ1) is 8.18. The number of carbonyl (C=O) groups is 2. The molecule has 1 aliphatic heterocycles. The summed E-state index contributed by atoms with van der Waals surface area (Å²) in [6, 6.07) is 0.305. The molecule has 1 fully saturated rings. The van der Waals surface area contributed by atoms with Gasteiger partial charge in [-0.1, -0.05) is 0 Å². The van der Waals surface area contributed by atoms with Gasteiger partial charge in [-0.15, -0.1) is 0 Å². The van der Waals surface area contributed by atoms with Crippen molar-refractivity contribution in [2.24, 2.45) is 5.73 Å². The molecule has 1 saturated heterocycles. The molecule has 5 nitrogen and oxygen atoms in total. The second-order valence-electron chi connectivity index (χ2n) is 4.20. The Labute approximate surface area is 106 Å². The van der Waals surface area contributed by atoms with Crippen LogP contribution in [0.1, 0.15) is 25.7 Å². The fourth-order valence-corrected chi connectivity index (χ4v) is 2.65. The normalized spacial score (nSPS) is 19.9. The van der Waals surface area contributed by atoms with Crippen LogP contribution in [0.4, 0.5) is 0 Å². The summed E-state index contributed by atoms with van der Waals surface area (Å²) in [5.41, 5.74) is 5.02. The maximum absolute atomic E-state index is 11.6. The molecular weight excluding hydrogens is 238 g/mol. The molecule has 1 atom stereocenters. The maximum atomic E-state index is 11.6. The van der Waals surface area contributed by atoms with Crippen LogP contribution >= 0.6 is 11.8 Å². The van der Waals surface area contributed by atoms with Crippen LogP contribution in [0.5, 0.6) is 0 Å². The standard InChI is InChI=1S/C11H21N3O2S/c12-10(15)3-1-2-4-14-11(16)7-9-8-17-6-5-13-9/h9,13H,1-8H2,(H2,12,15)(H,14,16). The molecule has 17 heavy (non-hydrogen) atoms. The predicted molar refractivity (Wildman–Crippen MR) is 69.8 cm³/mol. The van der Waals surface area contributed by atoms with E-state index in [9.17, 15) is 9.59 Å². The zero-order valence-electron chi connectivity index (χ0n) is 10.0. The van der Waals surface area contributed by atoms with Gasteiger partial charge in [0.15, 0.2) is 0 Å². The van der Waals surface area contributed by atoms with Crippen LogP contribution in [-0.2, 0) is 9.59 Å². The van der Waals surface area contributed by atoms with Crippen LogP contribution in [0, 0.1) is 0 Å². The molecule has 0 aliphatic carbocycles. The van der Waals surface area contributed by atoms with Crippen molar-refractivity contribution in [3.05, 3.63) is 0 Å². The van der Waals surface area contributed by atoms with Gasteiger partial charge in [0.1, 0.15) is 0 Å². The summed E-state index contributed by atoms with van der Waals surface area (Å²) in [5, 5.41) is 6.19. The lowest BCUT2D eigenvalue weighted by Crippen LogP contribution is -2.41. The third-order valence-electron chi connectivity index (χ3n) is 2.60. The Balaban J connectivity index is 1.98. The van der Waals surface area contributed by atoms with Gasteiger partial charge in [0.25, 0.3) is 0 Å². The van der Waals surface area contributed by atoms with Gasteiger partial charge in [0.05, 0.1) is 0 Å². The van der Waals surface area contributed by atoms with E-state index >= 15 is 0 Å². The number of carbonyl (C=O) groups excluding carboxylic acids is 2. The van der Waals surface area contributed by atoms with Gasteiger partial charge in [-0.25, -0.2) is 0 Å². The molecule has 0 aromatic carbocycles. The van der Waals surface area contributed by atoms with Gasteiger partial charge < -0.3 is 16.4 Å². The molecule has 0 radical (unpaired) electrons. The Bertz CT molecular complexity index is 255. The Hall–Kier alpha value is -0.750. The van der Waals surface area contributed by atoms with Crippen LogP contribution < -0.4 is 16.4 Å². The average molecular weight is 259 g/mol. The van der Waals surface area contributed by atoms with E-state index in [1.54, 1.807) is 0 Å². The maximum Gasteiger partial charge on any atom is 0.221 e. The zero-order valence-corrected chi connectivity index (χ0v) is 10.9. The minimum atomic E-state index is -0.278. The van der Waals surface area contributed by atoms with Crippen molar-refractivity contribution in [2.75, 3.05) is 24.6 Å². The first-order valence-corrected chi connectivity index (χ1v) is 7.20. The molecule has 98 valence electrons. The van der Waals surface area contributed by atoms with E-state index in [0.717, 1.165) is 30.9 Å². The molecule has 1 aliphatic rings. The Kier molecular flexibility index (Phi) is 7.04. The lowest BCUT2D eigenvalue weighted by atomic mass is 10.2. The van der Waals surface area contributed by atoms with Crippen LogP contribution in [0.15, 0.2) is 0 Å². The molecule has 1 heterocycles. The number of hydrogen-bond acceptors (Lipinski definition) is 4. The molecule has 1 rings (SSSR count). The average Bonchev–Trinajstić information content (AvgIpc) is 2.29. The summed E-state index contributed by atoms with van der Waals surface area (Å²) in [7, 11) is 0. The third-order valence-corrected chi connectivity index (χ3v) is 3.73.